The molecule has 36 heavy (non-hydrogen) atoms. The number of fused-ring (bicyclic) bond motifs is 1. The van der Waals surface area contributed by atoms with Crippen LogP contribution in [0.5, 0.6) is 0 Å². The molecule has 5 rings (SSSR count). The van der Waals surface area contributed by atoms with Crippen molar-refractivity contribution in [3.8, 4) is 5.82 Å². The molecule has 0 spiro atoms. The number of imidazole rings is 1. The molecule has 0 saturated carbocycles. The predicted octanol–water partition coefficient (Wildman–Crippen LogP) is 2.25. The van der Waals surface area contributed by atoms with Crippen LogP contribution in [0, 0.1) is 0 Å². The van der Waals surface area contributed by atoms with Gasteiger partial charge in [0.25, 0.3) is 11.8 Å². The summed E-state index contributed by atoms with van der Waals surface area (Å²) in [5.74, 6) is -1.77. The first-order chi connectivity index (χ1) is 17.1. The molecule has 0 unspecified atom stereocenters. The maximum Gasteiger partial charge on any atom is 0.434 e. The summed E-state index contributed by atoms with van der Waals surface area (Å²) >= 11 is 6.20. The number of rotatable bonds is 5. The Morgan fingerprint density at radius 1 is 1.17 bits per heavy atom. The van der Waals surface area contributed by atoms with Crippen LogP contribution in [0.4, 0.5) is 24.7 Å². The van der Waals surface area contributed by atoms with Gasteiger partial charge in [-0.15, -0.1) is 0 Å². The van der Waals surface area contributed by atoms with Gasteiger partial charge in [0.1, 0.15) is 5.82 Å². The van der Waals surface area contributed by atoms with Gasteiger partial charge in [-0.05, 0) is 18.2 Å². The molecule has 2 amide bonds. The number of hydrogen-bond acceptors (Lipinski definition) is 8. The second kappa shape index (κ2) is 8.62. The average molecular weight is 519 g/mol. The highest BCUT2D eigenvalue weighted by atomic mass is 35.5. The Labute approximate surface area is 204 Å². The van der Waals surface area contributed by atoms with Crippen LogP contribution in [0.3, 0.4) is 0 Å². The zero-order valence-corrected chi connectivity index (χ0v) is 18.6. The lowest BCUT2D eigenvalue weighted by atomic mass is 10.2. The standard InChI is InChI=1S/C20H14ClF3N10O2/c21-13-7-10(8-27-18(13)34-28-3-4-29-34)31-19(36)12-9-30-33(15(12)20(22,23)24)14-2-1-11(16(25)35)17-26-5-6-32(14)17/h1-3,5-9,29H,4H2,(H2,25,35)(H,31,36). The molecule has 0 aliphatic carbocycles. The maximum atomic E-state index is 14.2. The van der Waals surface area contributed by atoms with Gasteiger partial charge < -0.3 is 11.1 Å². The van der Waals surface area contributed by atoms with Crippen LogP contribution >= 0.6 is 11.6 Å². The molecule has 0 bridgehead atoms. The molecule has 0 aromatic carbocycles. The van der Waals surface area contributed by atoms with E-state index < -0.39 is 29.2 Å². The normalized spacial score (nSPS) is 13.5. The second-order valence-electron chi connectivity index (χ2n) is 7.36. The Balaban J connectivity index is 1.52. The molecule has 0 atom stereocenters. The Morgan fingerprint density at radius 3 is 2.64 bits per heavy atom. The van der Waals surface area contributed by atoms with Crippen molar-refractivity contribution >= 4 is 46.8 Å². The molecule has 16 heteroatoms. The fraction of sp³-hybridized carbons (Fsp3) is 0.100. The number of halogens is 4. The van der Waals surface area contributed by atoms with Crippen LogP contribution in [-0.2, 0) is 6.18 Å². The van der Waals surface area contributed by atoms with E-state index in [1.165, 1.54) is 46.3 Å². The molecule has 4 N–H and O–H groups in total. The van der Waals surface area contributed by atoms with Gasteiger partial charge in [-0.3, -0.25) is 14.0 Å². The molecule has 1 aliphatic heterocycles. The quantitative estimate of drug-likeness (QED) is 0.367. The first-order valence-corrected chi connectivity index (χ1v) is 10.5. The van der Waals surface area contributed by atoms with E-state index in [4.69, 9.17) is 17.3 Å². The van der Waals surface area contributed by atoms with Crippen molar-refractivity contribution in [1.29, 1.82) is 0 Å². The molecule has 0 saturated heterocycles. The summed E-state index contributed by atoms with van der Waals surface area (Å²) in [7, 11) is 0. The molecule has 4 aromatic rings. The van der Waals surface area contributed by atoms with Crippen molar-refractivity contribution in [1.82, 2.24) is 29.6 Å². The van der Waals surface area contributed by atoms with E-state index in [0.29, 0.717) is 11.2 Å². The van der Waals surface area contributed by atoms with E-state index >= 15 is 0 Å². The average Bonchev–Trinajstić information content (AvgIpc) is 3.58. The number of carbonyl (C=O) groups is 2. The minimum absolute atomic E-state index is 0.00470. The number of alkyl halides is 3. The van der Waals surface area contributed by atoms with Crippen LogP contribution in [0.25, 0.3) is 11.5 Å². The zero-order chi connectivity index (χ0) is 25.6. The van der Waals surface area contributed by atoms with Crippen molar-refractivity contribution in [3.05, 3.63) is 64.8 Å². The number of hydrazone groups is 1. The van der Waals surface area contributed by atoms with Crippen molar-refractivity contribution in [2.75, 3.05) is 17.0 Å². The number of nitrogens with two attached hydrogens (primary N) is 1. The Bertz CT molecular complexity index is 1540. The number of hydrazine groups is 1. The highest BCUT2D eigenvalue weighted by molar-refractivity contribution is 6.33. The second-order valence-corrected chi connectivity index (χ2v) is 7.77. The van der Waals surface area contributed by atoms with Gasteiger partial charge in [-0.2, -0.15) is 28.5 Å². The van der Waals surface area contributed by atoms with Crippen molar-refractivity contribution in [3.63, 3.8) is 0 Å². The Hall–Kier alpha value is -4.50. The smallest absolute Gasteiger partial charge is 0.365 e. The highest BCUT2D eigenvalue weighted by Crippen LogP contribution is 2.34. The van der Waals surface area contributed by atoms with Crippen molar-refractivity contribution in [2.24, 2.45) is 10.8 Å². The van der Waals surface area contributed by atoms with E-state index in [1.807, 2.05) is 0 Å². The zero-order valence-electron chi connectivity index (χ0n) is 17.9. The molecule has 4 aromatic heterocycles. The minimum Gasteiger partial charge on any atom is -0.365 e. The predicted molar refractivity (Wildman–Crippen MR) is 122 cm³/mol. The number of nitrogens with zero attached hydrogens (tertiary/aromatic N) is 7. The third kappa shape index (κ3) is 3.99. The minimum atomic E-state index is -4.97. The van der Waals surface area contributed by atoms with E-state index in [1.54, 1.807) is 6.21 Å². The van der Waals surface area contributed by atoms with Gasteiger partial charge in [0.2, 0.25) is 0 Å². The fourth-order valence-corrected chi connectivity index (χ4v) is 3.85. The lowest BCUT2D eigenvalue weighted by molar-refractivity contribution is -0.143. The largest absolute Gasteiger partial charge is 0.434 e. The van der Waals surface area contributed by atoms with Crippen molar-refractivity contribution in [2.45, 2.75) is 6.18 Å². The lowest BCUT2D eigenvalue weighted by Gasteiger charge is -2.16. The molecular formula is C20H14ClF3N10O2. The van der Waals surface area contributed by atoms with Crippen LogP contribution < -0.4 is 21.6 Å². The van der Waals surface area contributed by atoms with Gasteiger partial charge in [-0.25, -0.2) is 20.1 Å². The number of carbonyl (C=O) groups excluding carboxylic acids is 2. The first-order valence-electron chi connectivity index (χ1n) is 10.1. The number of pyridine rings is 2. The topological polar surface area (TPSA) is 148 Å². The third-order valence-corrected chi connectivity index (χ3v) is 5.38. The Morgan fingerprint density at radius 2 is 1.97 bits per heavy atom. The van der Waals surface area contributed by atoms with Gasteiger partial charge in [0, 0.05) is 18.6 Å². The lowest BCUT2D eigenvalue weighted by Crippen LogP contribution is -2.29. The fourth-order valence-electron chi connectivity index (χ4n) is 3.60. The van der Waals surface area contributed by atoms with Crippen LogP contribution in [0.1, 0.15) is 26.4 Å². The highest BCUT2D eigenvalue weighted by Gasteiger charge is 2.41. The summed E-state index contributed by atoms with van der Waals surface area (Å²) in [6.45, 7) is 0.470. The first kappa shape index (κ1) is 23.3. The van der Waals surface area contributed by atoms with Gasteiger partial charge in [0.15, 0.2) is 17.2 Å². The van der Waals surface area contributed by atoms with Gasteiger partial charge in [0.05, 0.1) is 40.8 Å². The number of nitrogens with one attached hydrogen (secondary N) is 2. The van der Waals surface area contributed by atoms with E-state index in [2.05, 4.69) is 30.9 Å². The number of hydrogen-bond donors (Lipinski definition) is 3. The number of primary amides is 1. The van der Waals surface area contributed by atoms with Crippen LogP contribution in [0.15, 0.2) is 48.1 Å². The Kier molecular flexibility index (Phi) is 5.57. The summed E-state index contributed by atoms with van der Waals surface area (Å²) in [5, 5.41) is 11.6. The molecule has 1 aliphatic rings. The monoisotopic (exact) mass is 518 g/mol. The summed E-state index contributed by atoms with van der Waals surface area (Å²) < 4.78 is 44.2. The van der Waals surface area contributed by atoms with Gasteiger partial charge in [-0.1, -0.05) is 11.6 Å². The number of aromatic nitrogens is 5. The summed E-state index contributed by atoms with van der Waals surface area (Å²) in [6, 6.07) is 3.78. The van der Waals surface area contributed by atoms with E-state index in [9.17, 15) is 22.8 Å². The SMILES string of the molecule is NC(=O)c1ccc(-n2ncc(C(=O)Nc3cnc(N4N=CCN4)c(Cl)c3)c2C(F)(F)F)n2ccnc12. The molecule has 12 nitrogen and oxygen atoms in total. The molecule has 5 heterocycles. The van der Waals surface area contributed by atoms with Gasteiger partial charge >= 0.3 is 6.18 Å². The van der Waals surface area contributed by atoms with E-state index in [-0.39, 0.29) is 33.6 Å². The summed E-state index contributed by atoms with van der Waals surface area (Å²) in [4.78, 5) is 32.6. The molecule has 0 fully saturated rings. The maximum absolute atomic E-state index is 14.2. The molecule has 184 valence electrons. The number of anilines is 2. The summed E-state index contributed by atoms with van der Waals surface area (Å²) in [6.07, 6.45) is 1.26. The number of amides is 2. The molecule has 0 radical (unpaired) electrons. The van der Waals surface area contributed by atoms with E-state index in [0.717, 1.165) is 6.20 Å². The molecular weight excluding hydrogens is 505 g/mol. The summed E-state index contributed by atoms with van der Waals surface area (Å²) in [5.41, 5.74) is 6.20. The van der Waals surface area contributed by atoms with Crippen molar-refractivity contribution < 1.29 is 22.8 Å². The van der Waals surface area contributed by atoms with Crippen LogP contribution in [0.2, 0.25) is 5.02 Å². The third-order valence-electron chi connectivity index (χ3n) is 5.10. The van der Waals surface area contributed by atoms with Crippen LogP contribution in [-0.4, -0.2) is 48.7 Å².